The van der Waals surface area contributed by atoms with Crippen molar-refractivity contribution in [1.29, 1.82) is 0 Å². The maximum absolute atomic E-state index is 4.13. The van der Waals surface area contributed by atoms with Crippen LogP contribution < -0.4 is 0 Å². The first-order valence-corrected chi connectivity index (χ1v) is 3.67. The molecule has 0 fully saturated rings. The fraction of sp³-hybridized carbons (Fsp3) is 0. The molecule has 0 spiro atoms. The van der Waals surface area contributed by atoms with E-state index in [1.54, 1.807) is 0 Å². The van der Waals surface area contributed by atoms with Crippen molar-refractivity contribution in [3.05, 3.63) is 0 Å². The summed E-state index contributed by atoms with van der Waals surface area (Å²) in [5, 5.41) is 0. The molecule has 0 aliphatic rings. The Hall–Kier alpha value is 1.67. The molecule has 0 aromatic carbocycles. The first-order chi connectivity index (χ1) is 1.00. The third kappa shape index (κ3) is 27.4. The normalized spacial score (nSPS) is 0.800. The SMILES string of the molecule is [O-2].[O-2].[S]=[Sb+].[Ti+4]. The first kappa shape index (κ1) is 30.1. The summed E-state index contributed by atoms with van der Waals surface area (Å²) in [6.07, 6.45) is 0. The Morgan fingerprint density at radius 2 is 1.00 bits per heavy atom. The molecule has 0 amide bonds. The van der Waals surface area contributed by atoms with Gasteiger partial charge >= 0.3 is 52.0 Å². The molecular weight excluding hydrogens is 234 g/mol. The van der Waals surface area contributed by atoms with E-state index in [4.69, 9.17) is 0 Å². The Labute approximate surface area is 62.4 Å². The van der Waals surface area contributed by atoms with Crippen molar-refractivity contribution in [2.24, 2.45) is 0 Å². The maximum Gasteiger partial charge on any atom is 4.00 e. The summed E-state index contributed by atoms with van der Waals surface area (Å²) in [6.45, 7) is 0. The summed E-state index contributed by atoms with van der Waals surface area (Å²) in [4.78, 5) is 0. The van der Waals surface area contributed by atoms with Gasteiger partial charge < -0.3 is 11.0 Å². The van der Waals surface area contributed by atoms with E-state index in [1.807, 2.05) is 0 Å². The van der Waals surface area contributed by atoms with Crippen LogP contribution in [0.2, 0.25) is 0 Å². The van der Waals surface area contributed by atoms with Crippen LogP contribution >= 0.6 is 9.19 Å². The van der Waals surface area contributed by atoms with Crippen molar-refractivity contribution in [2.45, 2.75) is 0 Å². The van der Waals surface area contributed by atoms with E-state index in [1.165, 1.54) is 21.1 Å². The molecule has 0 atom stereocenters. The molecule has 0 saturated carbocycles. The fourth-order valence-corrected chi connectivity index (χ4v) is 0. The van der Waals surface area contributed by atoms with E-state index in [-0.39, 0.29) is 32.7 Å². The second kappa shape index (κ2) is 44.3. The van der Waals surface area contributed by atoms with Gasteiger partial charge in [0.15, 0.2) is 0 Å². The zero-order valence-corrected chi connectivity index (χ0v) is 7.10. The summed E-state index contributed by atoms with van der Waals surface area (Å²) in [7, 11) is 4.13. The minimum absolute atomic E-state index is 0. The summed E-state index contributed by atoms with van der Waals surface area (Å²) in [5.41, 5.74) is 0. The van der Waals surface area contributed by atoms with Crippen molar-refractivity contribution in [1.82, 2.24) is 0 Å². The molecule has 0 unspecified atom stereocenters. The van der Waals surface area contributed by atoms with Gasteiger partial charge in [0.25, 0.3) is 0 Å². The number of hydrogen-bond acceptors (Lipinski definition) is 1. The standard InChI is InChI=1S/2O.S.Sb.Ti/q2*-2;;+1;+4. The Bertz CT molecular complexity index is 9.61. The van der Waals surface area contributed by atoms with Crippen LogP contribution in [0.15, 0.2) is 0 Å². The van der Waals surface area contributed by atoms with Gasteiger partial charge in [-0.25, -0.2) is 0 Å². The molecule has 0 aliphatic heterocycles. The molecule has 0 aromatic heterocycles. The predicted molar refractivity (Wildman–Crippen MR) is 14.7 cm³/mol. The molecule has 0 aliphatic carbocycles. The van der Waals surface area contributed by atoms with Gasteiger partial charge in [-0.1, -0.05) is 0 Å². The van der Waals surface area contributed by atoms with E-state index in [0.717, 1.165) is 0 Å². The summed E-state index contributed by atoms with van der Waals surface area (Å²) < 4.78 is 0. The van der Waals surface area contributed by atoms with Crippen molar-refractivity contribution in [3.8, 4) is 0 Å². The van der Waals surface area contributed by atoms with Crippen LogP contribution in [0.3, 0.4) is 0 Å². The van der Waals surface area contributed by atoms with Gasteiger partial charge in [-0.2, -0.15) is 0 Å². The Morgan fingerprint density at radius 3 is 1.00 bits per heavy atom. The topological polar surface area (TPSA) is 57.0 Å². The Morgan fingerprint density at radius 1 is 1.00 bits per heavy atom. The molecule has 0 heterocycles. The molecule has 0 N–H and O–H groups in total. The molecule has 0 aromatic rings. The van der Waals surface area contributed by atoms with Crippen LogP contribution in [0.25, 0.3) is 0 Å². The maximum atomic E-state index is 4.13. The third-order valence-corrected chi connectivity index (χ3v) is 0. The molecule has 0 saturated heterocycles. The van der Waals surface area contributed by atoms with Crippen LogP contribution in [0.5, 0.6) is 0 Å². The zero-order valence-electron chi connectivity index (χ0n) is 2.17. The van der Waals surface area contributed by atoms with Gasteiger partial charge in [-0.05, 0) is 0 Å². The van der Waals surface area contributed by atoms with Gasteiger partial charge in [0.2, 0.25) is 0 Å². The van der Waals surface area contributed by atoms with Crippen LogP contribution in [0, 0.1) is 0 Å². The summed E-state index contributed by atoms with van der Waals surface area (Å²) >= 11 is 1.33. The zero-order chi connectivity index (χ0) is 2.00. The number of hydrogen-bond donors (Lipinski definition) is 0. The van der Waals surface area contributed by atoms with Crippen molar-refractivity contribution in [3.63, 3.8) is 0 Å². The van der Waals surface area contributed by atoms with Crippen LogP contribution in [0.1, 0.15) is 0 Å². The van der Waals surface area contributed by atoms with E-state index in [9.17, 15) is 0 Å². The molecule has 2 radical (unpaired) electrons. The van der Waals surface area contributed by atoms with Gasteiger partial charge in [0.1, 0.15) is 0 Å². The van der Waals surface area contributed by atoms with Gasteiger partial charge in [-0.15, -0.1) is 0 Å². The van der Waals surface area contributed by atoms with Crippen LogP contribution in [-0.4, -0.2) is 21.1 Å². The second-order valence-corrected chi connectivity index (χ2v) is 0. The average molecular weight is 234 g/mol. The second-order valence-electron chi connectivity index (χ2n) is 0. The Kier molecular flexibility index (Phi) is 266. The van der Waals surface area contributed by atoms with Crippen molar-refractivity contribution in [2.75, 3.05) is 0 Å². The van der Waals surface area contributed by atoms with E-state index < -0.39 is 0 Å². The monoisotopic (exact) mass is 233 g/mol. The van der Waals surface area contributed by atoms with Gasteiger partial charge in [-0.3, -0.25) is 0 Å². The quantitative estimate of drug-likeness (QED) is 0.545. The largest absolute Gasteiger partial charge is 4.00 e. The van der Waals surface area contributed by atoms with E-state index in [0.29, 0.717) is 0 Å². The minimum atomic E-state index is 0. The minimum Gasteiger partial charge on any atom is 4.00 e. The molecule has 0 bridgehead atoms. The summed E-state index contributed by atoms with van der Waals surface area (Å²) in [6, 6.07) is 0. The Balaban J connectivity index is -0.00000000167. The molecule has 2 nitrogen and oxygen atoms in total. The van der Waals surface area contributed by atoms with Crippen LogP contribution in [0.4, 0.5) is 0 Å². The fourth-order valence-electron chi connectivity index (χ4n) is 0. The average Bonchev–Trinajstić information content (AvgIpc) is 1.00. The van der Waals surface area contributed by atoms with E-state index >= 15 is 0 Å². The summed E-state index contributed by atoms with van der Waals surface area (Å²) in [5.74, 6) is 0. The van der Waals surface area contributed by atoms with Gasteiger partial charge in [0, 0.05) is 0 Å². The molecule has 0 rings (SSSR count). The third-order valence-electron chi connectivity index (χ3n) is 0. The molecule has 5 heavy (non-hydrogen) atoms. The molecule has 5 heteroatoms. The van der Waals surface area contributed by atoms with E-state index in [2.05, 4.69) is 9.19 Å². The van der Waals surface area contributed by atoms with Crippen LogP contribution in [-0.2, 0) is 32.7 Å². The smallest absolute Gasteiger partial charge is 4.00 e. The predicted octanol–water partition coefficient (Wildman–Crippen LogP) is 0.0273. The van der Waals surface area contributed by atoms with Crippen molar-refractivity contribution < 1.29 is 32.7 Å². The molecular formula is O2SSbTi+. The number of rotatable bonds is 0. The van der Waals surface area contributed by atoms with Crippen molar-refractivity contribution >= 4 is 30.2 Å². The molecule has 26 valence electrons. The first-order valence-electron chi connectivity index (χ1n) is 0.183. The van der Waals surface area contributed by atoms with Gasteiger partial charge in [0.05, 0.1) is 0 Å².